The second-order valence-electron chi connectivity index (χ2n) is 4.23. The molecule has 102 valence electrons. The van der Waals surface area contributed by atoms with Crippen LogP contribution in [0.4, 0.5) is 5.69 Å². The third-order valence-corrected chi connectivity index (χ3v) is 2.71. The number of hydrogen-bond acceptors (Lipinski definition) is 4. The highest BCUT2D eigenvalue weighted by molar-refractivity contribution is 5.52. The van der Waals surface area contributed by atoms with Crippen LogP contribution in [-0.2, 0) is 6.61 Å². The first-order valence-electron chi connectivity index (χ1n) is 6.35. The molecule has 0 radical (unpaired) electrons. The van der Waals surface area contributed by atoms with E-state index in [1.807, 2.05) is 54.6 Å². The number of hydrogen-bond donors (Lipinski definition) is 1. The van der Waals surface area contributed by atoms with Gasteiger partial charge in [-0.15, -0.1) is 0 Å². The number of anilines is 1. The van der Waals surface area contributed by atoms with Crippen molar-refractivity contribution in [2.45, 2.75) is 6.61 Å². The van der Waals surface area contributed by atoms with Gasteiger partial charge in [0.05, 0.1) is 0 Å². The Morgan fingerprint density at radius 2 is 1.81 bits per heavy atom. The van der Waals surface area contributed by atoms with Crippen LogP contribution in [0.15, 0.2) is 66.4 Å². The summed E-state index contributed by atoms with van der Waals surface area (Å²) in [6.07, 6.45) is 1.37. The summed E-state index contributed by atoms with van der Waals surface area (Å²) in [4.78, 5) is 0. The summed E-state index contributed by atoms with van der Waals surface area (Å²) in [6.45, 7) is 0.488. The lowest BCUT2D eigenvalue weighted by atomic mass is 10.2. The number of nitrogens with one attached hydrogen (secondary N) is 1. The van der Waals surface area contributed by atoms with Crippen LogP contribution >= 0.6 is 0 Å². The van der Waals surface area contributed by atoms with Crippen molar-refractivity contribution in [2.75, 3.05) is 5.32 Å². The molecule has 0 heterocycles. The zero-order valence-corrected chi connectivity index (χ0v) is 11.3. The van der Waals surface area contributed by atoms with Gasteiger partial charge in [0.15, 0.2) is 0 Å². The van der Waals surface area contributed by atoms with Gasteiger partial charge in [-0.3, -0.25) is 0 Å². The molecular weight excluding hydrogens is 262 g/mol. The van der Waals surface area contributed by atoms with E-state index in [4.69, 9.17) is 15.3 Å². The minimum Gasteiger partial charge on any atom is -0.489 e. The standard InChI is InChI=1S/C17H13N3O/c18-10-15(11-19)12-20-16-7-4-8-17(9-16)21-13-14-5-2-1-3-6-14/h1-9,12,20H,13H2. The van der Waals surface area contributed by atoms with Gasteiger partial charge in [-0.2, -0.15) is 10.5 Å². The maximum Gasteiger partial charge on any atom is 0.145 e. The maximum atomic E-state index is 8.66. The summed E-state index contributed by atoms with van der Waals surface area (Å²) < 4.78 is 5.70. The first-order valence-corrected chi connectivity index (χ1v) is 6.35. The first kappa shape index (κ1) is 14.2. The average molecular weight is 275 g/mol. The van der Waals surface area contributed by atoms with E-state index in [0.29, 0.717) is 12.4 Å². The Labute approximate surface area is 123 Å². The quantitative estimate of drug-likeness (QED) is 0.846. The Kier molecular flexibility index (Phi) is 4.98. The molecule has 0 saturated carbocycles. The van der Waals surface area contributed by atoms with Crippen molar-refractivity contribution in [3.63, 3.8) is 0 Å². The second kappa shape index (κ2) is 7.37. The van der Waals surface area contributed by atoms with Crippen LogP contribution in [0.2, 0.25) is 0 Å². The summed E-state index contributed by atoms with van der Waals surface area (Å²) in [5.74, 6) is 0.715. The molecule has 1 N–H and O–H groups in total. The second-order valence-corrected chi connectivity index (χ2v) is 4.23. The Morgan fingerprint density at radius 3 is 2.52 bits per heavy atom. The molecule has 0 atom stereocenters. The van der Waals surface area contributed by atoms with Crippen LogP contribution in [-0.4, -0.2) is 0 Å². The molecule has 0 amide bonds. The Balaban J connectivity index is 2.00. The summed E-state index contributed by atoms with van der Waals surface area (Å²) in [7, 11) is 0. The molecule has 0 bridgehead atoms. The number of rotatable bonds is 5. The van der Waals surface area contributed by atoms with Gasteiger partial charge in [0.2, 0.25) is 0 Å². The van der Waals surface area contributed by atoms with Crippen molar-refractivity contribution in [2.24, 2.45) is 0 Å². The van der Waals surface area contributed by atoms with Crippen molar-refractivity contribution in [1.82, 2.24) is 0 Å². The SMILES string of the molecule is N#CC(C#N)=CNc1cccc(OCc2ccccc2)c1. The monoisotopic (exact) mass is 275 g/mol. The van der Waals surface area contributed by atoms with Crippen molar-refractivity contribution < 1.29 is 4.74 Å². The third-order valence-electron chi connectivity index (χ3n) is 2.71. The largest absolute Gasteiger partial charge is 0.489 e. The van der Waals surface area contributed by atoms with Crippen molar-refractivity contribution >= 4 is 5.69 Å². The molecule has 21 heavy (non-hydrogen) atoms. The molecule has 0 fully saturated rings. The molecular formula is C17H13N3O. The van der Waals surface area contributed by atoms with E-state index in [1.165, 1.54) is 6.20 Å². The van der Waals surface area contributed by atoms with Crippen molar-refractivity contribution in [3.8, 4) is 17.9 Å². The molecule has 0 unspecified atom stereocenters. The van der Waals surface area contributed by atoms with Crippen LogP contribution < -0.4 is 10.1 Å². The lowest BCUT2D eigenvalue weighted by Crippen LogP contribution is -1.96. The zero-order chi connectivity index (χ0) is 14.9. The highest BCUT2D eigenvalue weighted by Gasteiger charge is 1.98. The molecule has 0 saturated heterocycles. The predicted molar refractivity (Wildman–Crippen MR) is 80.1 cm³/mol. The van der Waals surface area contributed by atoms with Gasteiger partial charge in [-0.05, 0) is 17.7 Å². The number of nitrogens with zero attached hydrogens (tertiary/aromatic N) is 2. The minimum atomic E-state index is 0.0191. The molecule has 2 rings (SSSR count). The molecule has 2 aromatic rings. The van der Waals surface area contributed by atoms with Crippen molar-refractivity contribution in [3.05, 3.63) is 71.9 Å². The minimum absolute atomic E-state index is 0.0191. The van der Waals surface area contributed by atoms with E-state index in [-0.39, 0.29) is 5.57 Å². The molecule has 0 aliphatic carbocycles. The van der Waals surface area contributed by atoms with Gasteiger partial charge in [0.25, 0.3) is 0 Å². The van der Waals surface area contributed by atoms with E-state index >= 15 is 0 Å². The topological polar surface area (TPSA) is 68.8 Å². The molecule has 2 aromatic carbocycles. The van der Waals surface area contributed by atoms with E-state index in [1.54, 1.807) is 12.1 Å². The summed E-state index contributed by atoms with van der Waals surface area (Å²) in [5.41, 5.74) is 1.86. The van der Waals surface area contributed by atoms with Gasteiger partial charge in [0, 0.05) is 18.0 Å². The third kappa shape index (κ3) is 4.41. The van der Waals surface area contributed by atoms with Gasteiger partial charge < -0.3 is 10.1 Å². The Hall–Kier alpha value is -3.24. The zero-order valence-electron chi connectivity index (χ0n) is 11.3. The summed E-state index contributed by atoms with van der Waals surface area (Å²) in [5, 5.41) is 20.2. The number of benzene rings is 2. The fourth-order valence-corrected chi connectivity index (χ4v) is 1.66. The van der Waals surface area contributed by atoms with Gasteiger partial charge >= 0.3 is 0 Å². The van der Waals surface area contributed by atoms with E-state index in [9.17, 15) is 0 Å². The van der Waals surface area contributed by atoms with E-state index in [0.717, 1.165) is 11.3 Å². The fourth-order valence-electron chi connectivity index (χ4n) is 1.66. The molecule has 0 aliphatic rings. The lowest BCUT2D eigenvalue weighted by Gasteiger charge is -2.08. The average Bonchev–Trinajstić information content (AvgIpc) is 2.55. The molecule has 0 spiro atoms. The smallest absolute Gasteiger partial charge is 0.145 e. The Bertz CT molecular complexity index is 693. The number of allylic oxidation sites excluding steroid dienone is 1. The van der Waals surface area contributed by atoms with Crippen LogP contribution in [0.1, 0.15) is 5.56 Å². The highest BCUT2D eigenvalue weighted by atomic mass is 16.5. The number of nitriles is 2. The van der Waals surface area contributed by atoms with Crippen molar-refractivity contribution in [1.29, 1.82) is 10.5 Å². The number of ether oxygens (including phenoxy) is 1. The highest BCUT2D eigenvalue weighted by Crippen LogP contribution is 2.18. The fraction of sp³-hybridized carbons (Fsp3) is 0.0588. The summed E-state index contributed by atoms with van der Waals surface area (Å²) >= 11 is 0. The van der Waals surface area contributed by atoms with Crippen LogP contribution in [0.5, 0.6) is 5.75 Å². The lowest BCUT2D eigenvalue weighted by molar-refractivity contribution is 0.306. The van der Waals surface area contributed by atoms with E-state index < -0.39 is 0 Å². The van der Waals surface area contributed by atoms with E-state index in [2.05, 4.69) is 5.32 Å². The Morgan fingerprint density at radius 1 is 1.05 bits per heavy atom. The first-order chi connectivity index (χ1) is 10.3. The van der Waals surface area contributed by atoms with Crippen LogP contribution in [0.3, 0.4) is 0 Å². The normalized spacial score (nSPS) is 9.05. The van der Waals surface area contributed by atoms with Crippen LogP contribution in [0.25, 0.3) is 0 Å². The molecule has 0 aliphatic heterocycles. The predicted octanol–water partition coefficient (Wildman–Crippen LogP) is 3.61. The van der Waals surface area contributed by atoms with Gasteiger partial charge in [-0.25, -0.2) is 0 Å². The van der Waals surface area contributed by atoms with Gasteiger partial charge in [0.1, 0.15) is 30.1 Å². The summed E-state index contributed by atoms with van der Waals surface area (Å²) in [6, 6.07) is 20.8. The maximum absolute atomic E-state index is 8.66. The molecule has 0 aromatic heterocycles. The molecule has 4 nitrogen and oxygen atoms in total. The molecule has 4 heteroatoms. The van der Waals surface area contributed by atoms with Gasteiger partial charge in [-0.1, -0.05) is 36.4 Å². The van der Waals surface area contributed by atoms with Crippen LogP contribution in [0, 0.1) is 22.7 Å².